The Morgan fingerprint density at radius 3 is 2.75 bits per heavy atom. The summed E-state index contributed by atoms with van der Waals surface area (Å²) in [7, 11) is 1.65. The van der Waals surface area contributed by atoms with Crippen LogP contribution in [-0.2, 0) is 11.2 Å². The molecule has 84 valence electrons. The Bertz CT molecular complexity index is 451. The van der Waals surface area contributed by atoms with Gasteiger partial charge in [-0.3, -0.25) is 0 Å². The first-order valence-corrected chi connectivity index (χ1v) is 5.11. The summed E-state index contributed by atoms with van der Waals surface area (Å²) >= 11 is 0. The van der Waals surface area contributed by atoms with Crippen LogP contribution >= 0.6 is 0 Å². The lowest BCUT2D eigenvalue weighted by Crippen LogP contribution is -1.95. The Kier molecular flexibility index (Phi) is 3.22. The van der Waals surface area contributed by atoms with Crippen molar-refractivity contribution in [1.29, 1.82) is 0 Å². The number of aromatic nitrogens is 1. The third kappa shape index (κ3) is 2.06. The normalized spacial score (nSPS) is 10.6. The summed E-state index contributed by atoms with van der Waals surface area (Å²) in [6.45, 7) is 0.592. The molecule has 0 fully saturated rings. The Morgan fingerprint density at radius 1 is 1.31 bits per heavy atom. The molecule has 2 aromatic rings. The quantitative estimate of drug-likeness (QED) is 0.853. The molecule has 0 aliphatic carbocycles. The third-order valence-corrected chi connectivity index (χ3v) is 2.38. The minimum Gasteiger partial charge on any atom is -0.384 e. The van der Waals surface area contributed by atoms with E-state index in [0.29, 0.717) is 18.8 Å². The zero-order valence-corrected chi connectivity index (χ0v) is 9.14. The number of hydrogen-bond donors (Lipinski definition) is 1. The van der Waals surface area contributed by atoms with Crippen LogP contribution in [0.25, 0.3) is 11.1 Å². The van der Waals surface area contributed by atoms with Crippen LogP contribution in [0.3, 0.4) is 0 Å². The van der Waals surface area contributed by atoms with Crippen molar-refractivity contribution in [3.05, 3.63) is 36.1 Å². The van der Waals surface area contributed by atoms with Crippen LogP contribution in [0.2, 0.25) is 0 Å². The number of anilines is 1. The number of nitrogens with two attached hydrogens (primary N) is 1. The predicted octanol–water partition coefficient (Wildman–Crippen LogP) is 2.11. The molecular formula is C12H14N2O2. The van der Waals surface area contributed by atoms with Gasteiger partial charge < -0.3 is 15.0 Å². The van der Waals surface area contributed by atoms with E-state index in [-0.39, 0.29) is 0 Å². The largest absolute Gasteiger partial charge is 0.384 e. The molecule has 0 aliphatic heterocycles. The van der Waals surface area contributed by atoms with E-state index in [2.05, 4.69) is 5.16 Å². The molecule has 4 heteroatoms. The number of rotatable bonds is 4. The SMILES string of the molecule is COCCc1onc(N)c1-c1ccccc1. The lowest BCUT2D eigenvalue weighted by molar-refractivity contribution is 0.193. The molecule has 16 heavy (non-hydrogen) atoms. The number of ether oxygens (including phenoxy) is 1. The summed E-state index contributed by atoms with van der Waals surface area (Å²) < 4.78 is 10.2. The van der Waals surface area contributed by atoms with Crippen LogP contribution in [0.1, 0.15) is 5.76 Å². The Labute approximate surface area is 94.0 Å². The molecule has 2 N–H and O–H groups in total. The summed E-state index contributed by atoms with van der Waals surface area (Å²) in [4.78, 5) is 0. The van der Waals surface area contributed by atoms with Gasteiger partial charge in [-0.15, -0.1) is 0 Å². The minimum absolute atomic E-state index is 0.428. The van der Waals surface area contributed by atoms with Crippen molar-refractivity contribution in [1.82, 2.24) is 5.16 Å². The fourth-order valence-electron chi connectivity index (χ4n) is 1.62. The molecular weight excluding hydrogens is 204 g/mol. The molecule has 1 heterocycles. The monoisotopic (exact) mass is 218 g/mol. The van der Waals surface area contributed by atoms with E-state index in [9.17, 15) is 0 Å². The van der Waals surface area contributed by atoms with Gasteiger partial charge in [-0.05, 0) is 5.56 Å². The highest BCUT2D eigenvalue weighted by molar-refractivity contribution is 5.75. The smallest absolute Gasteiger partial charge is 0.175 e. The number of methoxy groups -OCH3 is 1. The minimum atomic E-state index is 0.428. The topological polar surface area (TPSA) is 61.3 Å². The first kappa shape index (κ1) is 10.7. The molecule has 1 aromatic carbocycles. The second kappa shape index (κ2) is 4.81. The summed E-state index contributed by atoms with van der Waals surface area (Å²) in [5, 5.41) is 3.79. The summed E-state index contributed by atoms with van der Waals surface area (Å²) in [5.74, 6) is 1.20. The van der Waals surface area contributed by atoms with Gasteiger partial charge in [0.05, 0.1) is 12.2 Å². The molecule has 0 unspecified atom stereocenters. The Balaban J connectivity index is 2.35. The highest BCUT2D eigenvalue weighted by Crippen LogP contribution is 2.29. The Hall–Kier alpha value is -1.81. The van der Waals surface area contributed by atoms with E-state index < -0.39 is 0 Å². The summed E-state index contributed by atoms with van der Waals surface area (Å²) in [6, 6.07) is 9.85. The van der Waals surface area contributed by atoms with Gasteiger partial charge in [0.1, 0.15) is 5.76 Å². The van der Waals surface area contributed by atoms with Crippen LogP contribution in [-0.4, -0.2) is 18.9 Å². The van der Waals surface area contributed by atoms with Gasteiger partial charge >= 0.3 is 0 Å². The van der Waals surface area contributed by atoms with Gasteiger partial charge in [0.2, 0.25) is 0 Å². The van der Waals surface area contributed by atoms with Gasteiger partial charge in [0.25, 0.3) is 0 Å². The van der Waals surface area contributed by atoms with E-state index in [4.69, 9.17) is 15.0 Å². The fraction of sp³-hybridized carbons (Fsp3) is 0.250. The molecule has 0 saturated carbocycles. The molecule has 0 amide bonds. The Morgan fingerprint density at radius 2 is 2.06 bits per heavy atom. The standard InChI is InChI=1S/C12H14N2O2/c1-15-8-7-10-11(12(13)14-16-10)9-5-3-2-4-6-9/h2-6H,7-8H2,1H3,(H2,13,14). The van der Waals surface area contributed by atoms with Gasteiger partial charge in [-0.2, -0.15) is 0 Å². The molecule has 0 spiro atoms. The zero-order chi connectivity index (χ0) is 11.4. The van der Waals surface area contributed by atoms with E-state index in [1.165, 1.54) is 0 Å². The number of nitrogens with zero attached hydrogens (tertiary/aromatic N) is 1. The lowest BCUT2D eigenvalue weighted by Gasteiger charge is -2.01. The highest BCUT2D eigenvalue weighted by atomic mass is 16.5. The summed E-state index contributed by atoms with van der Waals surface area (Å²) in [6.07, 6.45) is 0.672. The molecule has 0 saturated heterocycles. The maximum Gasteiger partial charge on any atom is 0.175 e. The van der Waals surface area contributed by atoms with Crippen molar-refractivity contribution in [2.24, 2.45) is 0 Å². The van der Waals surface area contributed by atoms with E-state index in [1.54, 1.807) is 7.11 Å². The maximum absolute atomic E-state index is 5.80. The van der Waals surface area contributed by atoms with Crippen molar-refractivity contribution in [2.45, 2.75) is 6.42 Å². The van der Waals surface area contributed by atoms with Crippen molar-refractivity contribution < 1.29 is 9.26 Å². The van der Waals surface area contributed by atoms with E-state index >= 15 is 0 Å². The van der Waals surface area contributed by atoms with Gasteiger partial charge in [0.15, 0.2) is 5.82 Å². The highest BCUT2D eigenvalue weighted by Gasteiger charge is 2.14. The molecule has 1 aromatic heterocycles. The molecule has 4 nitrogen and oxygen atoms in total. The first-order valence-electron chi connectivity index (χ1n) is 5.11. The second-order valence-electron chi connectivity index (χ2n) is 3.47. The van der Waals surface area contributed by atoms with Gasteiger partial charge in [-0.25, -0.2) is 0 Å². The third-order valence-electron chi connectivity index (χ3n) is 2.38. The number of benzene rings is 1. The van der Waals surface area contributed by atoms with E-state index in [0.717, 1.165) is 16.9 Å². The molecule has 2 rings (SSSR count). The van der Waals surface area contributed by atoms with Crippen LogP contribution in [0.15, 0.2) is 34.9 Å². The van der Waals surface area contributed by atoms with Crippen molar-refractivity contribution >= 4 is 5.82 Å². The predicted molar refractivity (Wildman–Crippen MR) is 61.9 cm³/mol. The average Bonchev–Trinajstić information content (AvgIpc) is 2.69. The molecule has 0 bridgehead atoms. The fourth-order valence-corrected chi connectivity index (χ4v) is 1.62. The zero-order valence-electron chi connectivity index (χ0n) is 9.14. The van der Waals surface area contributed by atoms with Crippen LogP contribution < -0.4 is 5.73 Å². The number of hydrogen-bond acceptors (Lipinski definition) is 4. The average molecular weight is 218 g/mol. The second-order valence-corrected chi connectivity index (χ2v) is 3.47. The van der Waals surface area contributed by atoms with Gasteiger partial charge in [0, 0.05) is 13.5 Å². The molecule has 0 atom stereocenters. The van der Waals surface area contributed by atoms with Crippen molar-refractivity contribution in [3.8, 4) is 11.1 Å². The van der Waals surface area contributed by atoms with Crippen LogP contribution in [0.5, 0.6) is 0 Å². The summed E-state index contributed by atoms with van der Waals surface area (Å²) in [5.41, 5.74) is 7.69. The molecule has 0 radical (unpaired) electrons. The van der Waals surface area contributed by atoms with Crippen molar-refractivity contribution in [3.63, 3.8) is 0 Å². The van der Waals surface area contributed by atoms with Gasteiger partial charge in [-0.1, -0.05) is 35.5 Å². The van der Waals surface area contributed by atoms with Crippen molar-refractivity contribution in [2.75, 3.05) is 19.5 Å². The van der Waals surface area contributed by atoms with Crippen LogP contribution in [0.4, 0.5) is 5.82 Å². The van der Waals surface area contributed by atoms with Crippen LogP contribution in [0, 0.1) is 0 Å². The first-order chi connectivity index (χ1) is 7.83. The maximum atomic E-state index is 5.80. The lowest BCUT2D eigenvalue weighted by atomic mass is 10.0. The number of nitrogen functional groups attached to an aromatic ring is 1. The molecule has 0 aliphatic rings. The van der Waals surface area contributed by atoms with E-state index in [1.807, 2.05) is 30.3 Å².